The molecule has 0 saturated heterocycles. The minimum atomic E-state index is -0.109. The van der Waals surface area contributed by atoms with Gasteiger partial charge in [-0.1, -0.05) is 13.8 Å². The van der Waals surface area contributed by atoms with Crippen LogP contribution in [0.4, 0.5) is 0 Å². The zero-order valence-corrected chi connectivity index (χ0v) is 12.4. The Kier molecular flexibility index (Phi) is 4.88. The van der Waals surface area contributed by atoms with Crippen molar-refractivity contribution >= 4 is 5.91 Å². The lowest BCUT2D eigenvalue weighted by Crippen LogP contribution is -2.38. The first kappa shape index (κ1) is 14.7. The first-order valence-electron chi connectivity index (χ1n) is 7.17. The Morgan fingerprint density at radius 3 is 3.00 bits per heavy atom. The van der Waals surface area contributed by atoms with Crippen LogP contribution in [0.2, 0.25) is 0 Å². The van der Waals surface area contributed by atoms with Crippen LogP contribution < -0.4 is 14.8 Å². The van der Waals surface area contributed by atoms with E-state index in [4.69, 9.17) is 9.47 Å². The van der Waals surface area contributed by atoms with Gasteiger partial charge in [0.1, 0.15) is 18.1 Å². The zero-order valence-electron chi connectivity index (χ0n) is 12.4. The van der Waals surface area contributed by atoms with E-state index < -0.39 is 0 Å². The van der Waals surface area contributed by atoms with Crippen LogP contribution in [0.5, 0.6) is 11.5 Å². The van der Waals surface area contributed by atoms with Crippen molar-refractivity contribution in [3.05, 3.63) is 23.8 Å². The molecule has 0 aromatic heterocycles. The van der Waals surface area contributed by atoms with Gasteiger partial charge < -0.3 is 14.8 Å². The molecule has 4 heteroatoms. The standard InChI is InChI=1S/C16H23NO3/c1-11(2)6-7-17-16(18)13-8-12-9-14(19-3)4-5-15(12)20-10-13/h4-5,9,11,13H,6-8,10H2,1-3H3,(H,17,18)/t13-/m1/s1. The van der Waals surface area contributed by atoms with Crippen molar-refractivity contribution in [2.24, 2.45) is 11.8 Å². The largest absolute Gasteiger partial charge is 0.497 e. The highest BCUT2D eigenvalue weighted by Crippen LogP contribution is 2.30. The Morgan fingerprint density at radius 2 is 2.30 bits per heavy atom. The monoisotopic (exact) mass is 277 g/mol. The summed E-state index contributed by atoms with van der Waals surface area (Å²) in [4.78, 5) is 12.1. The lowest BCUT2D eigenvalue weighted by Gasteiger charge is -2.25. The van der Waals surface area contributed by atoms with E-state index in [2.05, 4.69) is 19.2 Å². The molecule has 0 spiro atoms. The molecule has 110 valence electrons. The zero-order chi connectivity index (χ0) is 14.5. The lowest BCUT2D eigenvalue weighted by atomic mass is 9.95. The highest BCUT2D eigenvalue weighted by molar-refractivity contribution is 5.79. The van der Waals surface area contributed by atoms with E-state index in [1.54, 1.807) is 7.11 Å². The summed E-state index contributed by atoms with van der Waals surface area (Å²) in [5, 5.41) is 2.99. The topological polar surface area (TPSA) is 47.6 Å². The summed E-state index contributed by atoms with van der Waals surface area (Å²) < 4.78 is 10.9. The molecule has 1 heterocycles. The van der Waals surface area contributed by atoms with E-state index in [-0.39, 0.29) is 11.8 Å². The minimum absolute atomic E-state index is 0.0825. The van der Waals surface area contributed by atoms with Crippen LogP contribution in [0, 0.1) is 11.8 Å². The van der Waals surface area contributed by atoms with Crippen LogP contribution in [-0.4, -0.2) is 26.2 Å². The van der Waals surface area contributed by atoms with Gasteiger partial charge in [-0.25, -0.2) is 0 Å². The molecule has 0 unspecified atom stereocenters. The molecule has 0 fully saturated rings. The highest BCUT2D eigenvalue weighted by atomic mass is 16.5. The van der Waals surface area contributed by atoms with Gasteiger partial charge in [0.05, 0.1) is 13.0 Å². The van der Waals surface area contributed by atoms with Gasteiger partial charge in [0.25, 0.3) is 0 Å². The maximum atomic E-state index is 12.1. The van der Waals surface area contributed by atoms with E-state index in [0.29, 0.717) is 18.9 Å². The third kappa shape index (κ3) is 3.65. The van der Waals surface area contributed by atoms with Crippen molar-refractivity contribution < 1.29 is 14.3 Å². The summed E-state index contributed by atoms with van der Waals surface area (Å²) >= 11 is 0. The van der Waals surface area contributed by atoms with Crippen molar-refractivity contribution in [3.63, 3.8) is 0 Å². The smallest absolute Gasteiger partial charge is 0.226 e. The Morgan fingerprint density at radius 1 is 1.50 bits per heavy atom. The van der Waals surface area contributed by atoms with Gasteiger partial charge in [0.2, 0.25) is 5.91 Å². The van der Waals surface area contributed by atoms with Crippen LogP contribution in [0.3, 0.4) is 0 Å². The normalized spacial score (nSPS) is 17.3. The quantitative estimate of drug-likeness (QED) is 0.899. The third-order valence-electron chi connectivity index (χ3n) is 3.57. The van der Waals surface area contributed by atoms with Gasteiger partial charge in [-0.2, -0.15) is 0 Å². The molecule has 1 aliphatic heterocycles. The minimum Gasteiger partial charge on any atom is -0.497 e. The molecular formula is C16H23NO3. The number of carbonyl (C=O) groups excluding carboxylic acids is 1. The molecule has 20 heavy (non-hydrogen) atoms. The van der Waals surface area contributed by atoms with Crippen LogP contribution >= 0.6 is 0 Å². The van der Waals surface area contributed by atoms with E-state index in [1.165, 1.54) is 0 Å². The SMILES string of the molecule is COc1ccc2c(c1)C[C@@H](C(=O)NCCC(C)C)CO2. The first-order chi connectivity index (χ1) is 9.60. The predicted octanol–water partition coefficient (Wildman–Crippen LogP) is 2.41. The van der Waals surface area contributed by atoms with Crippen molar-refractivity contribution in [1.29, 1.82) is 0 Å². The van der Waals surface area contributed by atoms with E-state index >= 15 is 0 Å². The van der Waals surface area contributed by atoms with Crippen molar-refractivity contribution in [1.82, 2.24) is 5.32 Å². The molecule has 0 saturated carbocycles. The number of hydrogen-bond donors (Lipinski definition) is 1. The number of nitrogens with one attached hydrogen (secondary N) is 1. The molecule has 0 aliphatic carbocycles. The second kappa shape index (κ2) is 6.64. The van der Waals surface area contributed by atoms with E-state index in [9.17, 15) is 4.79 Å². The van der Waals surface area contributed by atoms with Crippen LogP contribution in [0.1, 0.15) is 25.8 Å². The van der Waals surface area contributed by atoms with E-state index in [1.807, 2.05) is 18.2 Å². The van der Waals surface area contributed by atoms with Gasteiger partial charge in [-0.05, 0) is 42.5 Å². The molecule has 1 aromatic rings. The lowest BCUT2D eigenvalue weighted by molar-refractivity contribution is -0.126. The Balaban J connectivity index is 1.94. The molecule has 1 N–H and O–H groups in total. The number of hydrogen-bond acceptors (Lipinski definition) is 3. The molecule has 4 nitrogen and oxygen atoms in total. The van der Waals surface area contributed by atoms with Gasteiger partial charge in [-0.3, -0.25) is 4.79 Å². The molecule has 0 bridgehead atoms. The van der Waals surface area contributed by atoms with Crippen molar-refractivity contribution in [2.75, 3.05) is 20.3 Å². The van der Waals surface area contributed by atoms with E-state index in [0.717, 1.165) is 30.0 Å². The average Bonchev–Trinajstić information content (AvgIpc) is 2.45. The number of methoxy groups -OCH3 is 1. The van der Waals surface area contributed by atoms with Crippen LogP contribution in [0.15, 0.2) is 18.2 Å². The molecule has 0 radical (unpaired) electrons. The fourth-order valence-electron chi connectivity index (χ4n) is 2.29. The molecule has 1 amide bonds. The Hall–Kier alpha value is -1.71. The Bertz CT molecular complexity index is 471. The van der Waals surface area contributed by atoms with Crippen molar-refractivity contribution in [2.45, 2.75) is 26.7 Å². The van der Waals surface area contributed by atoms with Gasteiger partial charge in [0, 0.05) is 6.54 Å². The maximum absolute atomic E-state index is 12.1. The summed E-state index contributed by atoms with van der Waals surface area (Å²) in [6.07, 6.45) is 1.71. The number of amides is 1. The molecular weight excluding hydrogens is 254 g/mol. The number of ether oxygens (including phenoxy) is 2. The summed E-state index contributed by atoms with van der Waals surface area (Å²) in [5.74, 6) is 2.23. The summed E-state index contributed by atoms with van der Waals surface area (Å²) in [6.45, 7) is 5.49. The van der Waals surface area contributed by atoms with Crippen LogP contribution in [-0.2, 0) is 11.2 Å². The molecule has 1 aromatic carbocycles. The maximum Gasteiger partial charge on any atom is 0.226 e. The second-order valence-electron chi connectivity index (χ2n) is 5.66. The number of benzene rings is 1. The number of fused-ring (bicyclic) bond motifs is 1. The molecule has 2 rings (SSSR count). The third-order valence-corrected chi connectivity index (χ3v) is 3.57. The summed E-state index contributed by atoms with van der Waals surface area (Å²) in [6, 6.07) is 5.73. The second-order valence-corrected chi connectivity index (χ2v) is 5.66. The molecule has 1 aliphatic rings. The first-order valence-corrected chi connectivity index (χ1v) is 7.17. The Labute approximate surface area is 120 Å². The fraction of sp³-hybridized carbons (Fsp3) is 0.562. The van der Waals surface area contributed by atoms with Gasteiger partial charge in [-0.15, -0.1) is 0 Å². The predicted molar refractivity (Wildman–Crippen MR) is 78.1 cm³/mol. The summed E-state index contributed by atoms with van der Waals surface area (Å²) in [7, 11) is 1.64. The van der Waals surface area contributed by atoms with Crippen LogP contribution in [0.25, 0.3) is 0 Å². The number of rotatable bonds is 5. The van der Waals surface area contributed by atoms with Gasteiger partial charge >= 0.3 is 0 Å². The average molecular weight is 277 g/mol. The summed E-state index contributed by atoms with van der Waals surface area (Å²) in [5.41, 5.74) is 1.04. The fourth-order valence-corrected chi connectivity index (χ4v) is 2.29. The molecule has 1 atom stereocenters. The van der Waals surface area contributed by atoms with Gasteiger partial charge in [0.15, 0.2) is 0 Å². The van der Waals surface area contributed by atoms with Crippen molar-refractivity contribution in [3.8, 4) is 11.5 Å². The number of carbonyl (C=O) groups is 1. The highest BCUT2D eigenvalue weighted by Gasteiger charge is 2.26.